The number of benzene rings is 1. The monoisotopic (exact) mass is 303 g/mol. The molecule has 4 nitrogen and oxygen atoms in total. The van der Waals surface area contributed by atoms with Crippen LogP contribution in [0.1, 0.15) is 37.3 Å². The predicted molar refractivity (Wildman–Crippen MR) is 85.4 cm³/mol. The van der Waals surface area contributed by atoms with Crippen molar-refractivity contribution in [1.29, 1.82) is 0 Å². The summed E-state index contributed by atoms with van der Waals surface area (Å²) in [6, 6.07) is 7.01. The van der Waals surface area contributed by atoms with Gasteiger partial charge in [-0.05, 0) is 56.3 Å². The number of hydrogen-bond donors (Lipinski definition) is 1. The molecule has 1 aromatic rings. The van der Waals surface area contributed by atoms with Gasteiger partial charge in [0.05, 0.1) is 12.5 Å². The topological polar surface area (TPSA) is 49.8 Å². The molecule has 4 heteroatoms. The van der Waals surface area contributed by atoms with Gasteiger partial charge in [0.2, 0.25) is 0 Å². The fraction of sp³-hybridized carbons (Fsp3) is 0.611. The SMILES string of the molecule is CC1CCC(C(=O)O)CN1CCCc1ccc2c(c1)CCO2. The summed E-state index contributed by atoms with van der Waals surface area (Å²) in [6.07, 6.45) is 4.96. The first-order chi connectivity index (χ1) is 10.6. The van der Waals surface area contributed by atoms with Crippen molar-refractivity contribution < 1.29 is 14.6 Å². The molecule has 1 aromatic carbocycles. The van der Waals surface area contributed by atoms with Crippen LogP contribution in [-0.2, 0) is 17.6 Å². The van der Waals surface area contributed by atoms with Gasteiger partial charge in [-0.15, -0.1) is 0 Å². The van der Waals surface area contributed by atoms with E-state index in [0.717, 1.165) is 51.0 Å². The van der Waals surface area contributed by atoms with Crippen LogP contribution in [0.25, 0.3) is 0 Å². The molecule has 1 fully saturated rings. The quantitative estimate of drug-likeness (QED) is 0.908. The van der Waals surface area contributed by atoms with Crippen molar-refractivity contribution in [2.75, 3.05) is 19.7 Å². The minimum Gasteiger partial charge on any atom is -0.493 e. The fourth-order valence-electron chi connectivity index (χ4n) is 3.57. The maximum absolute atomic E-state index is 11.2. The van der Waals surface area contributed by atoms with Crippen LogP contribution in [0.2, 0.25) is 0 Å². The molecule has 0 saturated carbocycles. The number of carboxylic acids is 1. The van der Waals surface area contributed by atoms with Gasteiger partial charge in [-0.2, -0.15) is 0 Å². The minimum atomic E-state index is -0.643. The molecule has 2 atom stereocenters. The third-order valence-electron chi connectivity index (χ3n) is 5.03. The van der Waals surface area contributed by atoms with E-state index < -0.39 is 5.97 Å². The molecule has 0 aliphatic carbocycles. The summed E-state index contributed by atoms with van der Waals surface area (Å²) >= 11 is 0. The van der Waals surface area contributed by atoms with Crippen LogP contribution in [-0.4, -0.2) is 41.7 Å². The molecule has 3 rings (SSSR count). The minimum absolute atomic E-state index is 0.187. The van der Waals surface area contributed by atoms with E-state index in [2.05, 4.69) is 30.0 Å². The second kappa shape index (κ2) is 6.69. The van der Waals surface area contributed by atoms with Crippen molar-refractivity contribution in [3.05, 3.63) is 29.3 Å². The summed E-state index contributed by atoms with van der Waals surface area (Å²) in [7, 11) is 0. The molecular formula is C18H25NO3. The van der Waals surface area contributed by atoms with Crippen LogP contribution >= 0.6 is 0 Å². The highest BCUT2D eigenvalue weighted by Crippen LogP contribution is 2.27. The summed E-state index contributed by atoms with van der Waals surface area (Å²) in [5.74, 6) is 0.210. The van der Waals surface area contributed by atoms with E-state index in [0.29, 0.717) is 12.6 Å². The number of aryl methyl sites for hydroxylation is 1. The van der Waals surface area contributed by atoms with Gasteiger partial charge in [0, 0.05) is 19.0 Å². The van der Waals surface area contributed by atoms with Gasteiger partial charge in [-0.25, -0.2) is 0 Å². The van der Waals surface area contributed by atoms with E-state index in [1.807, 2.05) is 0 Å². The van der Waals surface area contributed by atoms with E-state index >= 15 is 0 Å². The molecular weight excluding hydrogens is 278 g/mol. The third-order valence-corrected chi connectivity index (χ3v) is 5.03. The highest BCUT2D eigenvalue weighted by molar-refractivity contribution is 5.70. The van der Waals surface area contributed by atoms with Crippen LogP contribution in [0.4, 0.5) is 0 Å². The van der Waals surface area contributed by atoms with Crippen LogP contribution in [0.15, 0.2) is 18.2 Å². The molecule has 0 aromatic heterocycles. The van der Waals surface area contributed by atoms with Gasteiger partial charge in [-0.3, -0.25) is 9.69 Å². The highest BCUT2D eigenvalue weighted by atomic mass is 16.5. The van der Waals surface area contributed by atoms with Crippen LogP contribution < -0.4 is 4.74 Å². The lowest BCUT2D eigenvalue weighted by atomic mass is 9.93. The van der Waals surface area contributed by atoms with Crippen molar-refractivity contribution in [3.63, 3.8) is 0 Å². The third kappa shape index (κ3) is 3.43. The fourth-order valence-corrected chi connectivity index (χ4v) is 3.57. The van der Waals surface area contributed by atoms with Crippen molar-refractivity contribution >= 4 is 5.97 Å². The Morgan fingerprint density at radius 1 is 1.41 bits per heavy atom. The average Bonchev–Trinajstić information content (AvgIpc) is 2.96. The van der Waals surface area contributed by atoms with Gasteiger partial charge >= 0.3 is 5.97 Å². The first-order valence-electron chi connectivity index (χ1n) is 8.35. The van der Waals surface area contributed by atoms with Gasteiger partial charge in [-0.1, -0.05) is 12.1 Å². The Morgan fingerprint density at radius 2 is 2.27 bits per heavy atom. The second-order valence-corrected chi connectivity index (χ2v) is 6.60. The summed E-state index contributed by atoms with van der Waals surface area (Å²) < 4.78 is 5.54. The lowest BCUT2D eigenvalue weighted by molar-refractivity contribution is -0.144. The Hall–Kier alpha value is -1.55. The average molecular weight is 303 g/mol. The number of aliphatic carboxylic acids is 1. The molecule has 0 amide bonds. The lowest BCUT2D eigenvalue weighted by Gasteiger charge is -2.36. The number of hydrogen-bond acceptors (Lipinski definition) is 3. The molecule has 2 heterocycles. The van der Waals surface area contributed by atoms with Crippen molar-refractivity contribution in [2.24, 2.45) is 5.92 Å². The number of carboxylic acid groups (broad SMARTS) is 1. The van der Waals surface area contributed by atoms with E-state index in [9.17, 15) is 9.90 Å². The number of fused-ring (bicyclic) bond motifs is 1. The molecule has 0 radical (unpaired) electrons. The summed E-state index contributed by atoms with van der Waals surface area (Å²) in [5.41, 5.74) is 2.69. The molecule has 0 spiro atoms. The zero-order valence-corrected chi connectivity index (χ0v) is 13.3. The zero-order chi connectivity index (χ0) is 15.5. The van der Waals surface area contributed by atoms with Gasteiger partial charge in [0.15, 0.2) is 0 Å². The van der Waals surface area contributed by atoms with Crippen LogP contribution in [0, 0.1) is 5.92 Å². The molecule has 2 aliphatic rings. The number of piperidine rings is 1. The Balaban J connectivity index is 1.50. The lowest BCUT2D eigenvalue weighted by Crippen LogP contribution is -2.44. The summed E-state index contributed by atoms with van der Waals surface area (Å²) in [6.45, 7) is 4.71. The van der Waals surface area contributed by atoms with E-state index in [4.69, 9.17) is 4.74 Å². The molecule has 2 unspecified atom stereocenters. The van der Waals surface area contributed by atoms with E-state index in [1.54, 1.807) is 0 Å². The zero-order valence-electron chi connectivity index (χ0n) is 13.3. The largest absolute Gasteiger partial charge is 0.493 e. The van der Waals surface area contributed by atoms with Gasteiger partial charge in [0.1, 0.15) is 5.75 Å². The number of rotatable bonds is 5. The number of nitrogens with zero attached hydrogens (tertiary/aromatic N) is 1. The molecule has 1 N–H and O–H groups in total. The number of carbonyl (C=O) groups is 1. The smallest absolute Gasteiger partial charge is 0.307 e. The van der Waals surface area contributed by atoms with E-state index in [-0.39, 0.29) is 5.92 Å². The molecule has 120 valence electrons. The predicted octanol–water partition coefficient (Wildman–Crippen LogP) is 2.74. The Kier molecular flexibility index (Phi) is 4.67. The Labute approximate surface area is 132 Å². The molecule has 2 aliphatic heterocycles. The van der Waals surface area contributed by atoms with Crippen molar-refractivity contribution in [1.82, 2.24) is 4.90 Å². The maximum atomic E-state index is 11.2. The van der Waals surface area contributed by atoms with Crippen molar-refractivity contribution in [2.45, 2.75) is 45.1 Å². The Morgan fingerprint density at radius 3 is 3.09 bits per heavy atom. The van der Waals surface area contributed by atoms with Gasteiger partial charge < -0.3 is 9.84 Å². The normalized spacial score (nSPS) is 24.8. The van der Waals surface area contributed by atoms with Crippen LogP contribution in [0.3, 0.4) is 0 Å². The molecule has 22 heavy (non-hydrogen) atoms. The highest BCUT2D eigenvalue weighted by Gasteiger charge is 2.29. The van der Waals surface area contributed by atoms with E-state index in [1.165, 1.54) is 11.1 Å². The van der Waals surface area contributed by atoms with Crippen LogP contribution in [0.5, 0.6) is 5.75 Å². The second-order valence-electron chi connectivity index (χ2n) is 6.60. The maximum Gasteiger partial charge on any atom is 0.307 e. The number of likely N-dealkylation sites (tertiary alicyclic amines) is 1. The summed E-state index contributed by atoms with van der Waals surface area (Å²) in [5, 5.41) is 9.20. The van der Waals surface area contributed by atoms with Gasteiger partial charge in [0.25, 0.3) is 0 Å². The summed E-state index contributed by atoms with van der Waals surface area (Å²) in [4.78, 5) is 13.5. The standard InChI is InChI=1S/C18H25NO3/c1-13-4-6-16(18(20)21)12-19(13)9-2-3-14-5-7-17-15(11-14)8-10-22-17/h5,7,11,13,16H,2-4,6,8-10,12H2,1H3,(H,20,21). The number of ether oxygens (including phenoxy) is 1. The first kappa shape index (κ1) is 15.3. The van der Waals surface area contributed by atoms with Crippen molar-refractivity contribution in [3.8, 4) is 5.75 Å². The molecule has 0 bridgehead atoms. The first-order valence-corrected chi connectivity index (χ1v) is 8.35. The Bertz CT molecular complexity index is 543. The molecule has 1 saturated heterocycles.